The third-order valence-electron chi connectivity index (χ3n) is 4.46. The second kappa shape index (κ2) is 9.12. The van der Waals surface area contributed by atoms with Gasteiger partial charge in [0.05, 0.1) is 10.5 Å². The molecular weight excluding hydrogens is 364 g/mol. The Kier molecular flexibility index (Phi) is 7.12. The van der Waals surface area contributed by atoms with Crippen LogP contribution in [0.3, 0.4) is 0 Å². The molecule has 2 aromatic carbocycles. The number of aromatic carboxylic acids is 1. The monoisotopic (exact) mass is 390 g/mol. The molecule has 0 unspecified atom stereocenters. The van der Waals surface area contributed by atoms with Crippen molar-refractivity contribution in [1.29, 1.82) is 0 Å². The second-order valence-electron chi connectivity index (χ2n) is 6.70. The van der Waals surface area contributed by atoms with Gasteiger partial charge in [-0.15, -0.1) is 0 Å². The summed E-state index contributed by atoms with van der Waals surface area (Å²) in [7, 11) is -1.77. The first-order valence-electron chi connectivity index (χ1n) is 8.77. The molecule has 0 radical (unpaired) electrons. The van der Waals surface area contributed by atoms with Gasteiger partial charge in [-0.25, -0.2) is 17.9 Å². The van der Waals surface area contributed by atoms with Gasteiger partial charge in [0.1, 0.15) is 0 Å². The van der Waals surface area contributed by atoms with E-state index in [1.807, 2.05) is 25.2 Å². The molecule has 146 valence electrons. The second-order valence-corrected chi connectivity index (χ2v) is 8.43. The largest absolute Gasteiger partial charge is 0.478 e. The molecule has 2 aromatic rings. The molecule has 0 aliphatic heterocycles. The number of sulfonamides is 1. The molecule has 0 heterocycles. The molecule has 0 bridgehead atoms. The number of carboxylic acid groups (broad SMARTS) is 1. The first kappa shape index (κ1) is 21.1. The van der Waals surface area contributed by atoms with Crippen LogP contribution in [0.5, 0.6) is 0 Å². The molecule has 7 heteroatoms. The maximum Gasteiger partial charge on any atom is 0.335 e. The van der Waals surface area contributed by atoms with Crippen LogP contribution in [0.15, 0.2) is 47.4 Å². The van der Waals surface area contributed by atoms with E-state index in [0.29, 0.717) is 17.5 Å². The Morgan fingerprint density at radius 2 is 1.81 bits per heavy atom. The molecule has 0 spiro atoms. The zero-order chi connectivity index (χ0) is 20.0. The van der Waals surface area contributed by atoms with Crippen molar-refractivity contribution in [3.63, 3.8) is 0 Å². The van der Waals surface area contributed by atoms with Crippen LogP contribution in [0.25, 0.3) is 0 Å². The molecule has 0 aliphatic carbocycles. The number of nitrogens with zero attached hydrogens (tertiary/aromatic N) is 1. The van der Waals surface area contributed by atoms with E-state index in [1.54, 1.807) is 13.8 Å². The van der Waals surface area contributed by atoms with Crippen molar-refractivity contribution in [2.24, 2.45) is 0 Å². The highest BCUT2D eigenvalue weighted by molar-refractivity contribution is 7.89. The van der Waals surface area contributed by atoms with Gasteiger partial charge in [-0.1, -0.05) is 30.3 Å². The zero-order valence-corrected chi connectivity index (χ0v) is 16.7. The van der Waals surface area contributed by atoms with Crippen LogP contribution in [0.1, 0.15) is 33.5 Å². The summed E-state index contributed by atoms with van der Waals surface area (Å²) < 4.78 is 27.8. The van der Waals surface area contributed by atoms with Crippen LogP contribution in [0.4, 0.5) is 0 Å². The highest BCUT2D eigenvalue weighted by atomic mass is 32.2. The Labute approximate surface area is 160 Å². The number of carboxylic acids is 1. The molecule has 0 aliphatic rings. The Morgan fingerprint density at radius 3 is 2.44 bits per heavy atom. The summed E-state index contributed by atoms with van der Waals surface area (Å²) in [6.07, 6.45) is 0.652. The summed E-state index contributed by atoms with van der Waals surface area (Å²) in [5, 5.41) is 9.17. The van der Waals surface area contributed by atoms with Crippen molar-refractivity contribution in [3.8, 4) is 0 Å². The van der Waals surface area contributed by atoms with E-state index in [1.165, 1.54) is 17.7 Å². The van der Waals surface area contributed by atoms with Crippen LogP contribution in [0, 0.1) is 13.8 Å². The minimum Gasteiger partial charge on any atom is -0.478 e. The van der Waals surface area contributed by atoms with Crippen molar-refractivity contribution in [1.82, 2.24) is 9.62 Å². The highest BCUT2D eigenvalue weighted by Crippen LogP contribution is 2.21. The average Bonchev–Trinajstić information content (AvgIpc) is 2.61. The fourth-order valence-corrected chi connectivity index (χ4v) is 4.25. The number of carbonyl (C=O) groups is 1. The van der Waals surface area contributed by atoms with Gasteiger partial charge < -0.3 is 10.0 Å². The van der Waals surface area contributed by atoms with Crippen molar-refractivity contribution >= 4 is 16.0 Å². The minimum absolute atomic E-state index is 0.0255. The molecule has 0 saturated carbocycles. The fourth-order valence-electron chi connectivity index (χ4n) is 2.84. The molecular formula is C20H26N2O4S. The Balaban J connectivity index is 1.94. The lowest BCUT2D eigenvalue weighted by molar-refractivity contribution is 0.0696. The lowest BCUT2D eigenvalue weighted by atomic mass is 10.1. The van der Waals surface area contributed by atoms with Crippen LogP contribution in [0.2, 0.25) is 0 Å². The lowest BCUT2D eigenvalue weighted by Gasteiger charge is -2.17. The fraction of sp³-hybridized carbons (Fsp3) is 0.350. The summed E-state index contributed by atoms with van der Waals surface area (Å²) in [5.74, 6) is -1.14. The van der Waals surface area contributed by atoms with Crippen LogP contribution in [-0.2, 0) is 16.6 Å². The summed E-state index contributed by atoms with van der Waals surface area (Å²) in [4.78, 5) is 13.4. The predicted octanol–water partition coefficient (Wildman–Crippen LogP) is 2.80. The van der Waals surface area contributed by atoms with Gasteiger partial charge in [0.25, 0.3) is 0 Å². The molecule has 2 N–H and O–H groups in total. The van der Waals surface area contributed by atoms with Crippen LogP contribution >= 0.6 is 0 Å². The molecule has 0 saturated heterocycles. The van der Waals surface area contributed by atoms with Gasteiger partial charge in [-0.3, -0.25) is 0 Å². The predicted molar refractivity (Wildman–Crippen MR) is 105 cm³/mol. The molecule has 2 rings (SSSR count). The number of aryl methyl sites for hydroxylation is 1. The van der Waals surface area contributed by atoms with Gasteiger partial charge in [0.2, 0.25) is 10.0 Å². The van der Waals surface area contributed by atoms with Gasteiger partial charge in [-0.05, 0) is 62.7 Å². The van der Waals surface area contributed by atoms with Gasteiger partial charge in [-0.2, -0.15) is 0 Å². The smallest absolute Gasteiger partial charge is 0.335 e. The van der Waals surface area contributed by atoms with Crippen molar-refractivity contribution in [2.75, 3.05) is 20.1 Å². The Hall–Kier alpha value is -2.22. The van der Waals surface area contributed by atoms with E-state index in [-0.39, 0.29) is 17.0 Å². The molecule has 0 atom stereocenters. The van der Waals surface area contributed by atoms with E-state index >= 15 is 0 Å². The maximum atomic E-state index is 12.6. The van der Waals surface area contributed by atoms with Gasteiger partial charge >= 0.3 is 5.97 Å². The molecule has 0 fully saturated rings. The maximum absolute atomic E-state index is 12.6. The van der Waals surface area contributed by atoms with Gasteiger partial charge in [0, 0.05) is 13.1 Å². The normalized spacial score (nSPS) is 11.7. The molecule has 0 aromatic heterocycles. The minimum atomic E-state index is -3.76. The number of rotatable bonds is 9. The highest BCUT2D eigenvalue weighted by Gasteiger charge is 2.20. The molecule has 0 amide bonds. The van der Waals surface area contributed by atoms with E-state index in [9.17, 15) is 13.2 Å². The standard InChI is InChI=1S/C20H26N2O4S/c1-15-12-18(20(23)24)13-19(16(15)2)27(25,26)21-10-7-11-22(3)14-17-8-5-4-6-9-17/h4-6,8-9,12-13,21H,7,10-11,14H2,1-3H3,(H,23,24). The van der Waals surface area contributed by atoms with Gasteiger partial charge in [0.15, 0.2) is 0 Å². The molecule has 27 heavy (non-hydrogen) atoms. The SMILES string of the molecule is Cc1cc(C(=O)O)cc(S(=O)(=O)NCCCN(C)Cc2ccccc2)c1C. The van der Waals surface area contributed by atoms with E-state index < -0.39 is 16.0 Å². The summed E-state index contributed by atoms with van der Waals surface area (Å²) in [5.41, 5.74) is 2.38. The van der Waals surface area contributed by atoms with Crippen molar-refractivity contribution in [3.05, 3.63) is 64.7 Å². The summed E-state index contributed by atoms with van der Waals surface area (Å²) in [6.45, 7) is 5.22. The summed E-state index contributed by atoms with van der Waals surface area (Å²) >= 11 is 0. The van der Waals surface area contributed by atoms with E-state index in [0.717, 1.165) is 13.1 Å². The number of hydrogen-bond donors (Lipinski definition) is 2. The first-order valence-corrected chi connectivity index (χ1v) is 10.3. The van der Waals surface area contributed by atoms with Crippen molar-refractivity contribution < 1.29 is 18.3 Å². The van der Waals surface area contributed by atoms with Crippen molar-refractivity contribution in [2.45, 2.75) is 31.7 Å². The van der Waals surface area contributed by atoms with E-state index in [4.69, 9.17) is 5.11 Å². The van der Waals surface area contributed by atoms with Crippen LogP contribution < -0.4 is 4.72 Å². The zero-order valence-electron chi connectivity index (χ0n) is 15.9. The number of hydrogen-bond acceptors (Lipinski definition) is 4. The quantitative estimate of drug-likeness (QED) is 0.643. The number of nitrogens with one attached hydrogen (secondary N) is 1. The topological polar surface area (TPSA) is 86.7 Å². The first-order chi connectivity index (χ1) is 12.7. The number of benzene rings is 2. The average molecular weight is 391 g/mol. The third kappa shape index (κ3) is 5.89. The Morgan fingerprint density at radius 1 is 1.15 bits per heavy atom. The van der Waals surface area contributed by atoms with Crippen LogP contribution in [-0.4, -0.2) is 44.5 Å². The summed E-state index contributed by atoms with van der Waals surface area (Å²) in [6, 6.07) is 12.8. The lowest BCUT2D eigenvalue weighted by Crippen LogP contribution is -2.29. The Bertz CT molecular complexity index is 896. The third-order valence-corrected chi connectivity index (χ3v) is 6.05. The van der Waals surface area contributed by atoms with E-state index in [2.05, 4.69) is 21.8 Å². The molecule has 6 nitrogen and oxygen atoms in total.